The van der Waals surface area contributed by atoms with Crippen LogP contribution in [-0.2, 0) is 4.79 Å². The van der Waals surface area contributed by atoms with E-state index in [4.69, 9.17) is 5.73 Å². The van der Waals surface area contributed by atoms with Crippen LogP contribution in [0.15, 0.2) is 28.7 Å². The second kappa shape index (κ2) is 4.53. The van der Waals surface area contributed by atoms with Gasteiger partial charge < -0.3 is 5.73 Å². The van der Waals surface area contributed by atoms with Gasteiger partial charge in [-0.15, -0.1) is 0 Å². The molecule has 0 amide bonds. The summed E-state index contributed by atoms with van der Waals surface area (Å²) >= 11 is 3.34. The summed E-state index contributed by atoms with van der Waals surface area (Å²) in [7, 11) is 0. The van der Waals surface area contributed by atoms with Crippen molar-refractivity contribution in [2.24, 2.45) is 5.73 Å². The molecule has 3 heteroatoms. The molecule has 0 aliphatic carbocycles. The number of carbonyl (C=O) groups excluding carboxylic acids is 1. The number of benzene rings is 1. The SMILES string of the molecule is CC(=O)[C@H](CN)c1ccc(Br)cc1. The Labute approximate surface area is 86.3 Å². The molecule has 70 valence electrons. The van der Waals surface area contributed by atoms with Crippen molar-refractivity contribution in [3.8, 4) is 0 Å². The van der Waals surface area contributed by atoms with E-state index in [0.29, 0.717) is 6.54 Å². The van der Waals surface area contributed by atoms with Crippen molar-refractivity contribution >= 4 is 21.7 Å². The third kappa shape index (κ3) is 2.64. The van der Waals surface area contributed by atoms with E-state index < -0.39 is 0 Å². The first-order valence-corrected chi connectivity index (χ1v) is 4.90. The zero-order valence-corrected chi connectivity index (χ0v) is 9.04. The number of ketones is 1. The van der Waals surface area contributed by atoms with Crippen LogP contribution >= 0.6 is 15.9 Å². The quantitative estimate of drug-likeness (QED) is 0.881. The number of hydrogen-bond acceptors (Lipinski definition) is 2. The number of halogens is 1. The zero-order valence-electron chi connectivity index (χ0n) is 7.46. The summed E-state index contributed by atoms with van der Waals surface area (Å²) in [6.45, 7) is 1.94. The van der Waals surface area contributed by atoms with Crippen LogP contribution in [0.1, 0.15) is 18.4 Å². The van der Waals surface area contributed by atoms with Crippen molar-refractivity contribution in [2.45, 2.75) is 12.8 Å². The molecule has 1 rings (SSSR count). The average Bonchev–Trinajstić information content (AvgIpc) is 2.09. The highest BCUT2D eigenvalue weighted by molar-refractivity contribution is 9.10. The fourth-order valence-electron chi connectivity index (χ4n) is 1.23. The summed E-state index contributed by atoms with van der Waals surface area (Å²) in [5.41, 5.74) is 6.50. The van der Waals surface area contributed by atoms with Gasteiger partial charge in [-0.25, -0.2) is 0 Å². The fourth-order valence-corrected chi connectivity index (χ4v) is 1.50. The Morgan fingerprint density at radius 2 is 2.00 bits per heavy atom. The number of carbonyl (C=O) groups is 1. The summed E-state index contributed by atoms with van der Waals surface area (Å²) in [6.07, 6.45) is 0. The molecule has 2 nitrogen and oxygen atoms in total. The van der Waals surface area contributed by atoms with Gasteiger partial charge in [0.05, 0.1) is 5.92 Å². The molecule has 0 fully saturated rings. The topological polar surface area (TPSA) is 43.1 Å². The Kier molecular flexibility index (Phi) is 3.63. The van der Waals surface area contributed by atoms with Crippen molar-refractivity contribution in [1.29, 1.82) is 0 Å². The monoisotopic (exact) mass is 241 g/mol. The van der Waals surface area contributed by atoms with Gasteiger partial charge in [0.1, 0.15) is 5.78 Å². The number of hydrogen-bond donors (Lipinski definition) is 1. The van der Waals surface area contributed by atoms with Crippen LogP contribution in [0.2, 0.25) is 0 Å². The Bertz CT molecular complexity index is 294. The molecular formula is C10H12BrNO. The smallest absolute Gasteiger partial charge is 0.138 e. The van der Waals surface area contributed by atoms with E-state index in [1.807, 2.05) is 24.3 Å². The fraction of sp³-hybridized carbons (Fsp3) is 0.300. The maximum absolute atomic E-state index is 11.2. The first-order chi connectivity index (χ1) is 6.15. The normalized spacial score (nSPS) is 12.5. The molecule has 2 N–H and O–H groups in total. The van der Waals surface area contributed by atoms with Gasteiger partial charge in [-0.1, -0.05) is 28.1 Å². The molecule has 0 radical (unpaired) electrons. The molecule has 0 aromatic heterocycles. The van der Waals surface area contributed by atoms with Crippen LogP contribution in [0.4, 0.5) is 0 Å². The summed E-state index contributed by atoms with van der Waals surface area (Å²) < 4.78 is 1.01. The standard InChI is InChI=1S/C10H12BrNO/c1-7(13)10(6-12)8-2-4-9(11)5-3-8/h2-5,10H,6,12H2,1H3/t10-/m0/s1. The molecule has 1 atom stereocenters. The predicted molar refractivity (Wildman–Crippen MR) is 56.6 cm³/mol. The maximum atomic E-state index is 11.2. The van der Waals surface area contributed by atoms with Gasteiger partial charge in [-0.3, -0.25) is 4.79 Å². The summed E-state index contributed by atoms with van der Waals surface area (Å²) in [4.78, 5) is 11.2. The number of Topliss-reactive ketones (excluding diaryl/α,β-unsaturated/α-hetero) is 1. The van der Waals surface area contributed by atoms with E-state index in [2.05, 4.69) is 15.9 Å². The molecule has 1 aromatic carbocycles. The van der Waals surface area contributed by atoms with Crippen molar-refractivity contribution in [3.05, 3.63) is 34.3 Å². The molecule has 0 saturated heterocycles. The van der Waals surface area contributed by atoms with Gasteiger partial charge >= 0.3 is 0 Å². The van der Waals surface area contributed by atoms with E-state index in [-0.39, 0.29) is 11.7 Å². The van der Waals surface area contributed by atoms with Crippen LogP contribution in [0, 0.1) is 0 Å². The lowest BCUT2D eigenvalue weighted by Crippen LogP contribution is -2.19. The van der Waals surface area contributed by atoms with Gasteiger partial charge in [0, 0.05) is 11.0 Å². The Morgan fingerprint density at radius 1 is 1.46 bits per heavy atom. The Balaban J connectivity index is 2.92. The van der Waals surface area contributed by atoms with Gasteiger partial charge in [0.25, 0.3) is 0 Å². The molecule has 0 heterocycles. The van der Waals surface area contributed by atoms with E-state index in [1.165, 1.54) is 0 Å². The molecule has 0 saturated carbocycles. The maximum Gasteiger partial charge on any atom is 0.138 e. The van der Waals surface area contributed by atoms with Gasteiger partial charge in [-0.2, -0.15) is 0 Å². The van der Waals surface area contributed by atoms with E-state index in [9.17, 15) is 4.79 Å². The van der Waals surface area contributed by atoms with E-state index in [0.717, 1.165) is 10.0 Å². The second-order valence-corrected chi connectivity index (χ2v) is 3.87. The highest BCUT2D eigenvalue weighted by Crippen LogP contribution is 2.18. The van der Waals surface area contributed by atoms with Gasteiger partial charge in [0.15, 0.2) is 0 Å². The summed E-state index contributed by atoms with van der Waals surface area (Å²) in [6, 6.07) is 7.67. The summed E-state index contributed by atoms with van der Waals surface area (Å²) in [5, 5.41) is 0. The summed E-state index contributed by atoms with van der Waals surface area (Å²) in [5.74, 6) is -0.0436. The highest BCUT2D eigenvalue weighted by atomic mass is 79.9. The van der Waals surface area contributed by atoms with Crippen LogP contribution < -0.4 is 5.73 Å². The van der Waals surface area contributed by atoms with Crippen molar-refractivity contribution in [1.82, 2.24) is 0 Å². The molecular weight excluding hydrogens is 230 g/mol. The lowest BCUT2D eigenvalue weighted by Gasteiger charge is -2.10. The molecule has 0 spiro atoms. The van der Waals surface area contributed by atoms with Crippen molar-refractivity contribution < 1.29 is 4.79 Å². The largest absolute Gasteiger partial charge is 0.329 e. The Morgan fingerprint density at radius 3 is 2.38 bits per heavy atom. The molecule has 0 aliphatic rings. The van der Waals surface area contributed by atoms with E-state index in [1.54, 1.807) is 6.92 Å². The molecule has 0 aliphatic heterocycles. The molecule has 1 aromatic rings. The molecule has 0 unspecified atom stereocenters. The lowest BCUT2D eigenvalue weighted by atomic mass is 9.96. The van der Waals surface area contributed by atoms with Gasteiger partial charge in [0.2, 0.25) is 0 Å². The minimum atomic E-state index is -0.159. The van der Waals surface area contributed by atoms with Gasteiger partial charge in [-0.05, 0) is 24.6 Å². The van der Waals surface area contributed by atoms with E-state index >= 15 is 0 Å². The zero-order chi connectivity index (χ0) is 9.84. The minimum absolute atomic E-state index is 0.116. The van der Waals surface area contributed by atoms with Crippen molar-refractivity contribution in [3.63, 3.8) is 0 Å². The van der Waals surface area contributed by atoms with Crippen LogP contribution in [0.3, 0.4) is 0 Å². The molecule has 0 bridgehead atoms. The lowest BCUT2D eigenvalue weighted by molar-refractivity contribution is -0.118. The average molecular weight is 242 g/mol. The predicted octanol–water partition coefficient (Wildman–Crippen LogP) is 2.08. The number of rotatable bonds is 3. The first-order valence-electron chi connectivity index (χ1n) is 4.11. The highest BCUT2D eigenvalue weighted by Gasteiger charge is 2.13. The van der Waals surface area contributed by atoms with Crippen molar-refractivity contribution in [2.75, 3.05) is 6.54 Å². The second-order valence-electron chi connectivity index (χ2n) is 2.95. The minimum Gasteiger partial charge on any atom is -0.329 e. The first kappa shape index (κ1) is 10.4. The third-order valence-electron chi connectivity index (χ3n) is 2.00. The van der Waals surface area contributed by atoms with Crippen LogP contribution in [-0.4, -0.2) is 12.3 Å². The third-order valence-corrected chi connectivity index (χ3v) is 2.53. The van der Waals surface area contributed by atoms with Crippen LogP contribution in [0.5, 0.6) is 0 Å². The number of nitrogens with two attached hydrogens (primary N) is 1. The van der Waals surface area contributed by atoms with Crippen LogP contribution in [0.25, 0.3) is 0 Å². The molecule has 13 heavy (non-hydrogen) atoms. The Hall–Kier alpha value is -0.670.